The zero-order valence-corrected chi connectivity index (χ0v) is 22.9. The molecule has 0 aliphatic carbocycles. The number of rotatable bonds is 4. The Morgan fingerprint density at radius 3 is 2.53 bits per heavy atom. The highest BCUT2D eigenvalue weighted by Gasteiger charge is 2.77. The van der Waals surface area contributed by atoms with Gasteiger partial charge in [-0.3, -0.25) is 19.4 Å². The van der Waals surface area contributed by atoms with Crippen molar-refractivity contribution in [2.24, 2.45) is 0 Å². The second kappa shape index (κ2) is 9.05. The number of carbonyl (C=O) groups is 2. The molecule has 0 radical (unpaired) electrons. The molecule has 10 heteroatoms. The second-order valence-electron chi connectivity index (χ2n) is 9.68. The lowest BCUT2D eigenvalue weighted by atomic mass is 9.72. The summed E-state index contributed by atoms with van der Waals surface area (Å²) in [4.78, 5) is 32.2. The van der Waals surface area contributed by atoms with Crippen molar-refractivity contribution < 1.29 is 18.7 Å². The second-order valence-corrected chi connectivity index (χ2v) is 12.0. The van der Waals surface area contributed by atoms with Gasteiger partial charge in [-0.25, -0.2) is 4.39 Å². The van der Waals surface area contributed by atoms with Crippen LogP contribution in [0.15, 0.2) is 66.7 Å². The fourth-order valence-corrected chi connectivity index (χ4v) is 8.39. The molecular formula is C28H23ClFN3O3S2. The first-order valence-electron chi connectivity index (χ1n) is 12.0. The van der Waals surface area contributed by atoms with Crippen LogP contribution in [-0.4, -0.2) is 51.4 Å². The maximum Gasteiger partial charge on any atom is 0.251 e. The number of nitrogens with zero attached hydrogens (tertiary/aromatic N) is 2. The lowest BCUT2D eigenvalue weighted by Gasteiger charge is -2.41. The molecule has 2 fully saturated rings. The Balaban J connectivity index is 1.54. The molecule has 0 unspecified atom stereocenters. The third-order valence-electron chi connectivity index (χ3n) is 7.81. The summed E-state index contributed by atoms with van der Waals surface area (Å²) in [6, 6.07) is 18.9. The highest BCUT2D eigenvalue weighted by molar-refractivity contribution is 8.25. The minimum absolute atomic E-state index is 0.237. The number of nitrogens with one attached hydrogen (secondary N) is 1. The van der Waals surface area contributed by atoms with Crippen molar-refractivity contribution in [1.82, 2.24) is 9.80 Å². The average molecular weight is 568 g/mol. The summed E-state index contributed by atoms with van der Waals surface area (Å²) < 4.78 is 18.9. The SMILES string of the molecule is COc1ccc(CN2C(=O)[C@@]3(SC2=S)[C@@H](c2ccc(Cl)cc2)CN(C)[C@@]32C(=O)Nc3ccc(F)cc32)cc1. The van der Waals surface area contributed by atoms with Crippen LogP contribution in [0.25, 0.3) is 0 Å². The van der Waals surface area contributed by atoms with E-state index in [4.69, 9.17) is 28.6 Å². The summed E-state index contributed by atoms with van der Waals surface area (Å²) >= 11 is 13.2. The van der Waals surface area contributed by atoms with Gasteiger partial charge in [-0.1, -0.05) is 59.8 Å². The van der Waals surface area contributed by atoms with Crippen LogP contribution in [0, 0.1) is 5.82 Å². The van der Waals surface area contributed by atoms with Crippen molar-refractivity contribution in [3.8, 4) is 5.75 Å². The van der Waals surface area contributed by atoms with Crippen LogP contribution in [0.4, 0.5) is 10.1 Å². The molecule has 3 aromatic rings. The number of likely N-dealkylation sites (tertiary alicyclic amines) is 1. The first-order valence-corrected chi connectivity index (χ1v) is 13.6. The van der Waals surface area contributed by atoms with Gasteiger partial charge in [0.15, 0.2) is 5.54 Å². The van der Waals surface area contributed by atoms with E-state index in [-0.39, 0.29) is 18.4 Å². The molecule has 3 aromatic carbocycles. The fraction of sp³-hybridized carbons (Fsp3) is 0.250. The molecular weight excluding hydrogens is 545 g/mol. The zero-order chi connectivity index (χ0) is 26.8. The van der Waals surface area contributed by atoms with E-state index in [1.54, 1.807) is 37.3 Å². The van der Waals surface area contributed by atoms with E-state index < -0.39 is 22.0 Å². The first-order chi connectivity index (χ1) is 18.2. The number of halogens is 2. The van der Waals surface area contributed by atoms with Crippen LogP contribution in [-0.2, 0) is 21.7 Å². The lowest BCUT2D eigenvalue weighted by molar-refractivity contribution is -0.138. The predicted octanol–water partition coefficient (Wildman–Crippen LogP) is 5.16. The molecule has 38 heavy (non-hydrogen) atoms. The van der Waals surface area contributed by atoms with Crippen LogP contribution in [0.5, 0.6) is 5.75 Å². The third-order valence-corrected chi connectivity index (χ3v) is 10.0. The lowest BCUT2D eigenvalue weighted by Crippen LogP contribution is -2.61. The summed E-state index contributed by atoms with van der Waals surface area (Å²) in [5.41, 5.74) is 1.18. The first kappa shape index (κ1) is 25.3. The molecule has 2 spiro atoms. The van der Waals surface area contributed by atoms with E-state index >= 15 is 0 Å². The average Bonchev–Trinajstić information content (AvgIpc) is 3.44. The van der Waals surface area contributed by atoms with Crippen LogP contribution in [0.3, 0.4) is 0 Å². The van der Waals surface area contributed by atoms with Crippen LogP contribution < -0.4 is 10.1 Å². The normalized spacial score (nSPS) is 26.5. The highest BCUT2D eigenvalue weighted by atomic mass is 35.5. The molecule has 1 N–H and O–H groups in total. The summed E-state index contributed by atoms with van der Waals surface area (Å²) in [5.74, 6) is -0.852. The number of thiocarbonyl (C=S) groups is 1. The van der Waals surface area contributed by atoms with Gasteiger partial charge in [0.2, 0.25) is 5.91 Å². The van der Waals surface area contributed by atoms with Gasteiger partial charge in [-0.2, -0.15) is 0 Å². The number of likely N-dealkylation sites (N-methyl/N-ethyl adjacent to an activating group) is 1. The number of anilines is 1. The summed E-state index contributed by atoms with van der Waals surface area (Å²) in [6.45, 7) is 0.615. The molecule has 6 rings (SSSR count). The van der Waals surface area contributed by atoms with Crippen molar-refractivity contribution in [2.45, 2.75) is 22.7 Å². The van der Waals surface area contributed by atoms with Crippen LogP contribution >= 0.6 is 35.6 Å². The number of benzene rings is 3. The Kier molecular flexibility index (Phi) is 6.03. The van der Waals surface area contributed by atoms with Crippen molar-refractivity contribution in [2.75, 3.05) is 26.0 Å². The van der Waals surface area contributed by atoms with Crippen LogP contribution in [0.2, 0.25) is 5.02 Å². The molecule has 2 saturated heterocycles. The number of carbonyl (C=O) groups excluding carboxylic acids is 2. The quantitative estimate of drug-likeness (QED) is 0.439. The van der Waals surface area contributed by atoms with Gasteiger partial charge in [0.25, 0.3) is 5.91 Å². The summed E-state index contributed by atoms with van der Waals surface area (Å²) in [7, 11) is 3.40. The molecule has 194 valence electrons. The van der Waals surface area contributed by atoms with E-state index in [1.807, 2.05) is 41.3 Å². The molecule has 3 aliphatic heterocycles. The van der Waals surface area contributed by atoms with Gasteiger partial charge < -0.3 is 10.1 Å². The molecule has 3 aliphatic rings. The van der Waals surface area contributed by atoms with Gasteiger partial charge in [0.05, 0.1) is 13.7 Å². The number of hydrogen-bond donors (Lipinski definition) is 1. The van der Waals surface area contributed by atoms with Gasteiger partial charge in [-0.15, -0.1) is 0 Å². The topological polar surface area (TPSA) is 61.9 Å². The fourth-order valence-electron chi connectivity index (χ4n) is 6.14. The molecule has 6 nitrogen and oxygen atoms in total. The van der Waals surface area contributed by atoms with Gasteiger partial charge >= 0.3 is 0 Å². The largest absolute Gasteiger partial charge is 0.497 e. The predicted molar refractivity (Wildman–Crippen MR) is 150 cm³/mol. The number of methoxy groups -OCH3 is 1. The number of ether oxygens (including phenoxy) is 1. The maximum absolute atomic E-state index is 14.7. The number of amides is 2. The standard InChI is InChI=1S/C28H23ClFN3O3S2/c1-32-15-22(17-5-7-18(29)8-6-17)28(27(32)21-13-19(30)9-12-23(21)31-24(27)34)25(35)33(26(37)38-28)14-16-3-10-20(36-2)11-4-16/h3-13,22H,14-15H2,1-2H3,(H,31,34)/t22-,27+,28+/m1/s1. The van der Waals surface area contributed by atoms with Gasteiger partial charge in [0.1, 0.15) is 20.6 Å². The number of fused-ring (bicyclic) bond motifs is 3. The molecule has 2 amide bonds. The third kappa shape index (κ3) is 3.38. The van der Waals surface area contributed by atoms with Gasteiger partial charge in [-0.05, 0) is 60.6 Å². The number of hydrogen-bond acceptors (Lipinski definition) is 6. The van der Waals surface area contributed by atoms with Crippen molar-refractivity contribution >= 4 is 57.4 Å². The van der Waals surface area contributed by atoms with E-state index in [9.17, 15) is 14.0 Å². The summed E-state index contributed by atoms with van der Waals surface area (Å²) in [6.07, 6.45) is 0. The smallest absolute Gasteiger partial charge is 0.251 e. The van der Waals surface area contributed by atoms with E-state index in [0.717, 1.165) is 11.1 Å². The van der Waals surface area contributed by atoms with E-state index in [0.29, 0.717) is 32.9 Å². The summed E-state index contributed by atoms with van der Waals surface area (Å²) in [5, 5.41) is 3.49. The Morgan fingerprint density at radius 1 is 1.13 bits per heavy atom. The number of thioether (sulfide) groups is 1. The molecule has 0 aromatic heterocycles. The highest BCUT2D eigenvalue weighted by Crippen LogP contribution is 2.66. The Hall–Kier alpha value is -2.98. The Bertz CT molecular complexity index is 1490. The monoisotopic (exact) mass is 567 g/mol. The Labute approximate surface area is 234 Å². The van der Waals surface area contributed by atoms with Crippen molar-refractivity contribution in [3.05, 3.63) is 94.3 Å². The zero-order valence-electron chi connectivity index (χ0n) is 20.5. The van der Waals surface area contributed by atoms with E-state index in [2.05, 4.69) is 5.32 Å². The molecule has 3 atom stereocenters. The minimum Gasteiger partial charge on any atom is -0.497 e. The van der Waals surface area contributed by atoms with Crippen LogP contribution in [0.1, 0.15) is 22.6 Å². The van der Waals surface area contributed by atoms with Crippen molar-refractivity contribution in [3.63, 3.8) is 0 Å². The molecule has 3 heterocycles. The van der Waals surface area contributed by atoms with E-state index in [1.165, 1.54) is 23.9 Å². The maximum atomic E-state index is 14.7. The molecule has 0 bridgehead atoms. The van der Waals surface area contributed by atoms with Gasteiger partial charge in [0, 0.05) is 28.7 Å². The van der Waals surface area contributed by atoms with Crippen molar-refractivity contribution in [1.29, 1.82) is 0 Å². The Morgan fingerprint density at radius 2 is 1.84 bits per heavy atom. The minimum atomic E-state index is -1.48. The molecule has 0 saturated carbocycles.